The third-order valence-corrected chi connectivity index (χ3v) is 2.30. The molecule has 0 bridgehead atoms. The van der Waals surface area contributed by atoms with Gasteiger partial charge in [0.15, 0.2) is 6.29 Å². The highest BCUT2D eigenvalue weighted by Gasteiger charge is 2.46. The molecular formula is C9H16O6. The Morgan fingerprint density at radius 1 is 1.33 bits per heavy atom. The first-order valence-corrected chi connectivity index (χ1v) is 4.75. The molecular weight excluding hydrogens is 204 g/mol. The van der Waals surface area contributed by atoms with Crippen LogP contribution in [0.15, 0.2) is 11.8 Å². The van der Waals surface area contributed by atoms with E-state index in [1.165, 1.54) is 6.08 Å². The second kappa shape index (κ2) is 4.91. The fraction of sp³-hybridized carbons (Fsp3) is 0.778. The lowest BCUT2D eigenvalue weighted by molar-refractivity contribution is -0.144. The van der Waals surface area contributed by atoms with Gasteiger partial charge in [-0.05, 0) is 12.5 Å². The van der Waals surface area contributed by atoms with Gasteiger partial charge in [-0.1, -0.05) is 6.92 Å². The summed E-state index contributed by atoms with van der Waals surface area (Å²) in [6.45, 7) is 1.76. The van der Waals surface area contributed by atoms with E-state index in [-0.39, 0.29) is 5.76 Å². The van der Waals surface area contributed by atoms with Crippen molar-refractivity contribution < 1.29 is 30.3 Å². The van der Waals surface area contributed by atoms with Crippen LogP contribution < -0.4 is 0 Å². The molecule has 1 fully saturated rings. The summed E-state index contributed by atoms with van der Waals surface area (Å²) in [4.78, 5) is 0. The topological polar surface area (TPSA) is 110 Å². The average Bonchev–Trinajstić information content (AvgIpc) is 2.45. The van der Waals surface area contributed by atoms with Crippen LogP contribution in [0.2, 0.25) is 0 Å². The zero-order valence-electron chi connectivity index (χ0n) is 8.32. The van der Waals surface area contributed by atoms with Crippen LogP contribution in [0.5, 0.6) is 0 Å². The molecule has 1 rings (SSSR count). The number of allylic oxidation sites excluding steroid dienone is 1. The highest BCUT2D eigenvalue weighted by Crippen LogP contribution is 2.24. The second-order valence-electron chi connectivity index (χ2n) is 3.45. The minimum absolute atomic E-state index is 0.345. The summed E-state index contributed by atoms with van der Waals surface area (Å²) in [5.74, 6) is -0.345. The number of hydrogen-bond donors (Lipinski definition) is 5. The van der Waals surface area contributed by atoms with Gasteiger partial charge in [0.1, 0.15) is 30.2 Å². The minimum atomic E-state index is -1.55. The molecule has 0 aliphatic carbocycles. The lowest BCUT2D eigenvalue weighted by atomic mass is 10.0. The normalized spacial score (nSPS) is 39.4. The van der Waals surface area contributed by atoms with E-state index in [0.717, 1.165) is 0 Å². The molecule has 0 aromatic carbocycles. The van der Waals surface area contributed by atoms with Crippen molar-refractivity contribution in [1.82, 2.24) is 0 Å². The predicted molar refractivity (Wildman–Crippen MR) is 49.9 cm³/mol. The van der Waals surface area contributed by atoms with Crippen LogP contribution in [0.4, 0.5) is 0 Å². The average molecular weight is 220 g/mol. The Bertz CT molecular complexity index is 241. The molecule has 0 unspecified atom stereocenters. The lowest BCUT2D eigenvalue weighted by Gasteiger charge is -2.20. The Hall–Kier alpha value is -0.660. The number of hydrogen-bond acceptors (Lipinski definition) is 6. The number of ether oxygens (including phenoxy) is 1. The van der Waals surface area contributed by atoms with E-state index in [1.807, 2.05) is 0 Å². The second-order valence-corrected chi connectivity index (χ2v) is 3.45. The Morgan fingerprint density at radius 2 is 1.93 bits per heavy atom. The molecule has 1 saturated heterocycles. The smallest absolute Gasteiger partial charge is 0.184 e. The van der Waals surface area contributed by atoms with E-state index < -0.39 is 30.7 Å². The first-order chi connectivity index (χ1) is 6.99. The zero-order chi connectivity index (χ0) is 11.6. The Morgan fingerprint density at radius 3 is 2.33 bits per heavy atom. The van der Waals surface area contributed by atoms with E-state index >= 15 is 0 Å². The molecule has 5 N–H and O–H groups in total. The number of rotatable bonds is 3. The summed E-state index contributed by atoms with van der Waals surface area (Å²) >= 11 is 0. The van der Waals surface area contributed by atoms with Crippen LogP contribution in [0, 0.1) is 0 Å². The molecule has 0 saturated carbocycles. The maximum atomic E-state index is 9.53. The van der Waals surface area contributed by atoms with E-state index in [1.54, 1.807) is 6.92 Å². The Labute approximate surface area is 87.0 Å². The molecule has 1 aliphatic heterocycles. The largest absolute Gasteiger partial charge is 0.510 e. The van der Waals surface area contributed by atoms with Gasteiger partial charge in [0.25, 0.3) is 0 Å². The standard InChI is InChI=1S/C9H16O6/c1-2-3-4(10)5(11)8-6(12)7(13)9(14)15-8/h3,5-14H,2H2,1H3/t5-,6-,7+,8+,9-/m0/s1. The van der Waals surface area contributed by atoms with Crippen LogP contribution in [-0.2, 0) is 4.74 Å². The zero-order valence-corrected chi connectivity index (χ0v) is 8.32. The lowest BCUT2D eigenvalue weighted by Crippen LogP contribution is -2.39. The van der Waals surface area contributed by atoms with Crippen molar-refractivity contribution in [3.63, 3.8) is 0 Å². The third kappa shape index (κ3) is 2.47. The molecule has 88 valence electrons. The quantitative estimate of drug-likeness (QED) is 0.376. The first-order valence-electron chi connectivity index (χ1n) is 4.75. The molecule has 6 heteroatoms. The van der Waals surface area contributed by atoms with Crippen molar-refractivity contribution in [1.29, 1.82) is 0 Å². The van der Waals surface area contributed by atoms with Crippen molar-refractivity contribution in [2.45, 2.75) is 44.1 Å². The molecule has 15 heavy (non-hydrogen) atoms. The van der Waals surface area contributed by atoms with Crippen molar-refractivity contribution >= 4 is 0 Å². The molecule has 5 atom stereocenters. The summed E-state index contributed by atoms with van der Waals surface area (Å²) in [5.41, 5.74) is 0. The van der Waals surface area contributed by atoms with Crippen LogP contribution in [-0.4, -0.2) is 56.2 Å². The van der Waals surface area contributed by atoms with Gasteiger partial charge in [0.05, 0.1) is 0 Å². The summed E-state index contributed by atoms with van der Waals surface area (Å²) in [5, 5.41) is 46.5. The van der Waals surface area contributed by atoms with E-state index in [0.29, 0.717) is 6.42 Å². The van der Waals surface area contributed by atoms with E-state index in [2.05, 4.69) is 0 Å². The molecule has 1 heterocycles. The van der Waals surface area contributed by atoms with Gasteiger partial charge in [-0.25, -0.2) is 0 Å². The summed E-state index contributed by atoms with van der Waals surface area (Å²) in [6, 6.07) is 0. The molecule has 6 nitrogen and oxygen atoms in total. The SMILES string of the molecule is CCC=C(O)[C@H](O)[C@H]1O[C@H](O)[C@H](O)[C@@H]1O. The maximum Gasteiger partial charge on any atom is 0.184 e. The van der Waals surface area contributed by atoms with Crippen molar-refractivity contribution in [3.05, 3.63) is 11.8 Å². The van der Waals surface area contributed by atoms with Gasteiger partial charge in [-0.15, -0.1) is 0 Å². The van der Waals surface area contributed by atoms with Crippen LogP contribution in [0.3, 0.4) is 0 Å². The van der Waals surface area contributed by atoms with Gasteiger partial charge in [-0.2, -0.15) is 0 Å². The maximum absolute atomic E-state index is 9.53. The van der Waals surface area contributed by atoms with Crippen LogP contribution in [0.1, 0.15) is 13.3 Å². The van der Waals surface area contributed by atoms with E-state index in [4.69, 9.17) is 14.9 Å². The molecule has 0 radical (unpaired) electrons. The predicted octanol–water partition coefficient (Wildman–Crippen LogP) is -1.36. The highest BCUT2D eigenvalue weighted by molar-refractivity contribution is 5.05. The Balaban J connectivity index is 2.69. The molecule has 0 aromatic rings. The van der Waals surface area contributed by atoms with Crippen molar-refractivity contribution in [3.8, 4) is 0 Å². The van der Waals surface area contributed by atoms with Crippen LogP contribution >= 0.6 is 0 Å². The fourth-order valence-corrected chi connectivity index (χ4v) is 1.44. The van der Waals surface area contributed by atoms with Gasteiger partial charge in [0.2, 0.25) is 0 Å². The van der Waals surface area contributed by atoms with Gasteiger partial charge < -0.3 is 30.3 Å². The van der Waals surface area contributed by atoms with Gasteiger partial charge >= 0.3 is 0 Å². The molecule has 0 spiro atoms. The monoisotopic (exact) mass is 220 g/mol. The highest BCUT2D eigenvalue weighted by atomic mass is 16.6. The van der Waals surface area contributed by atoms with Crippen LogP contribution in [0.25, 0.3) is 0 Å². The fourth-order valence-electron chi connectivity index (χ4n) is 1.44. The molecule has 0 aromatic heterocycles. The minimum Gasteiger partial charge on any atom is -0.510 e. The Kier molecular flexibility index (Phi) is 4.06. The first kappa shape index (κ1) is 12.4. The summed E-state index contributed by atoms with van der Waals surface area (Å²) in [6.07, 6.45) is -5.26. The molecule has 1 aliphatic rings. The number of aliphatic hydroxyl groups is 5. The summed E-state index contributed by atoms with van der Waals surface area (Å²) < 4.78 is 4.72. The third-order valence-electron chi connectivity index (χ3n) is 2.30. The number of aliphatic hydroxyl groups excluding tert-OH is 5. The summed E-state index contributed by atoms with van der Waals surface area (Å²) in [7, 11) is 0. The van der Waals surface area contributed by atoms with E-state index in [9.17, 15) is 15.3 Å². The van der Waals surface area contributed by atoms with Gasteiger partial charge in [0, 0.05) is 0 Å². The molecule has 0 amide bonds. The van der Waals surface area contributed by atoms with Crippen molar-refractivity contribution in [2.75, 3.05) is 0 Å². The van der Waals surface area contributed by atoms with Gasteiger partial charge in [-0.3, -0.25) is 0 Å². The van der Waals surface area contributed by atoms with Crippen molar-refractivity contribution in [2.24, 2.45) is 0 Å².